The number of ether oxygens (including phenoxy) is 1. The number of benzene rings is 1. The van der Waals surface area contributed by atoms with Gasteiger partial charge in [-0.25, -0.2) is 0 Å². The second-order valence-corrected chi connectivity index (χ2v) is 6.32. The molecule has 0 saturated heterocycles. The normalized spacial score (nSPS) is 16.6. The minimum atomic E-state index is -0.201. The van der Waals surface area contributed by atoms with E-state index in [1.165, 1.54) is 11.1 Å². The molecule has 1 aliphatic rings. The molecule has 1 atom stereocenters. The molecule has 1 heterocycles. The van der Waals surface area contributed by atoms with Crippen molar-refractivity contribution in [1.29, 1.82) is 0 Å². The molecular weight excluding hydrogens is 306 g/mol. The maximum absolute atomic E-state index is 11.6. The SMILES string of the molecule is CCOc1cccc2c1CN(C[C@H](C)NC(=O)CNO)CCCC2. The Bertz CT molecular complexity index is 522. The zero-order valence-electron chi connectivity index (χ0n) is 14.7. The van der Waals surface area contributed by atoms with E-state index in [1.807, 2.05) is 25.4 Å². The molecule has 1 amide bonds. The van der Waals surface area contributed by atoms with Crippen LogP contribution in [0.2, 0.25) is 0 Å². The number of hydrogen-bond donors (Lipinski definition) is 3. The van der Waals surface area contributed by atoms with E-state index in [0.29, 0.717) is 6.61 Å². The number of hydrogen-bond acceptors (Lipinski definition) is 5. The lowest BCUT2D eigenvalue weighted by Gasteiger charge is -2.30. The number of aryl methyl sites for hydroxylation is 1. The Morgan fingerprint density at radius 2 is 2.25 bits per heavy atom. The van der Waals surface area contributed by atoms with Gasteiger partial charge in [0, 0.05) is 24.7 Å². The maximum Gasteiger partial charge on any atom is 0.236 e. The van der Waals surface area contributed by atoms with Crippen LogP contribution in [-0.4, -0.2) is 48.3 Å². The predicted octanol–water partition coefficient (Wildman–Crippen LogP) is 1.71. The van der Waals surface area contributed by atoms with Gasteiger partial charge in [-0.15, -0.1) is 0 Å². The third-order valence-electron chi connectivity index (χ3n) is 4.26. The van der Waals surface area contributed by atoms with Gasteiger partial charge in [-0.3, -0.25) is 9.69 Å². The van der Waals surface area contributed by atoms with Gasteiger partial charge in [0.05, 0.1) is 13.2 Å². The number of amides is 1. The molecule has 2 rings (SSSR count). The van der Waals surface area contributed by atoms with E-state index >= 15 is 0 Å². The molecule has 1 aliphatic heterocycles. The Kier molecular flexibility index (Phi) is 7.49. The summed E-state index contributed by atoms with van der Waals surface area (Å²) >= 11 is 0. The molecule has 0 aromatic heterocycles. The van der Waals surface area contributed by atoms with Gasteiger partial charge in [0.2, 0.25) is 5.91 Å². The topological polar surface area (TPSA) is 73.8 Å². The smallest absolute Gasteiger partial charge is 0.236 e. The summed E-state index contributed by atoms with van der Waals surface area (Å²) in [4.78, 5) is 14.0. The van der Waals surface area contributed by atoms with Crippen LogP contribution >= 0.6 is 0 Å². The number of nitrogens with zero attached hydrogens (tertiary/aromatic N) is 1. The van der Waals surface area contributed by atoms with Gasteiger partial charge in [0.15, 0.2) is 0 Å². The van der Waals surface area contributed by atoms with Crippen molar-refractivity contribution in [2.24, 2.45) is 0 Å². The van der Waals surface area contributed by atoms with E-state index in [2.05, 4.69) is 22.3 Å². The standard InChI is InChI=1S/C18H29N3O3/c1-3-24-17-9-6-8-15-7-4-5-10-21(13-16(15)17)12-14(2)20-18(22)11-19-23/h6,8-9,14,19,23H,3-5,7,10-13H2,1-2H3,(H,20,22)/t14-/m0/s1. The van der Waals surface area contributed by atoms with Crippen molar-refractivity contribution in [2.45, 2.75) is 45.7 Å². The zero-order chi connectivity index (χ0) is 17.4. The molecule has 1 aromatic rings. The molecule has 24 heavy (non-hydrogen) atoms. The number of nitrogens with one attached hydrogen (secondary N) is 2. The van der Waals surface area contributed by atoms with Crippen molar-refractivity contribution in [3.05, 3.63) is 29.3 Å². The fourth-order valence-corrected chi connectivity index (χ4v) is 3.26. The second kappa shape index (κ2) is 9.61. The quantitative estimate of drug-likeness (QED) is 0.662. The van der Waals surface area contributed by atoms with E-state index in [0.717, 1.165) is 44.6 Å². The number of carbonyl (C=O) groups excluding carboxylic acids is 1. The highest BCUT2D eigenvalue weighted by Crippen LogP contribution is 2.27. The van der Waals surface area contributed by atoms with E-state index in [1.54, 1.807) is 0 Å². The average molecular weight is 335 g/mol. The van der Waals surface area contributed by atoms with Crippen molar-refractivity contribution >= 4 is 5.91 Å². The Morgan fingerprint density at radius 3 is 3.00 bits per heavy atom. The monoisotopic (exact) mass is 335 g/mol. The largest absolute Gasteiger partial charge is 0.494 e. The molecule has 1 aromatic carbocycles. The fourth-order valence-electron chi connectivity index (χ4n) is 3.26. The van der Waals surface area contributed by atoms with Crippen LogP contribution in [0.25, 0.3) is 0 Å². The highest BCUT2D eigenvalue weighted by Gasteiger charge is 2.19. The first kappa shape index (κ1) is 18.7. The van der Waals surface area contributed by atoms with Crippen molar-refractivity contribution in [3.63, 3.8) is 0 Å². The molecule has 0 fully saturated rings. The number of carbonyl (C=O) groups is 1. The number of fused-ring (bicyclic) bond motifs is 1. The molecule has 3 N–H and O–H groups in total. The third kappa shape index (κ3) is 5.47. The lowest BCUT2D eigenvalue weighted by Crippen LogP contribution is -2.45. The van der Waals surface area contributed by atoms with Gasteiger partial charge in [-0.2, -0.15) is 5.48 Å². The van der Waals surface area contributed by atoms with Crippen LogP contribution < -0.4 is 15.5 Å². The summed E-state index contributed by atoms with van der Waals surface area (Å²) in [5, 5.41) is 11.5. The van der Waals surface area contributed by atoms with Gasteiger partial charge in [0.25, 0.3) is 0 Å². The van der Waals surface area contributed by atoms with Crippen molar-refractivity contribution in [2.75, 3.05) is 26.2 Å². The van der Waals surface area contributed by atoms with Gasteiger partial charge in [-0.1, -0.05) is 12.1 Å². The molecule has 6 heteroatoms. The first-order valence-electron chi connectivity index (χ1n) is 8.76. The van der Waals surface area contributed by atoms with Crippen LogP contribution in [0.15, 0.2) is 18.2 Å². The molecule has 0 unspecified atom stereocenters. The highest BCUT2D eigenvalue weighted by atomic mass is 16.5. The summed E-state index contributed by atoms with van der Waals surface area (Å²) in [7, 11) is 0. The second-order valence-electron chi connectivity index (χ2n) is 6.32. The molecule has 134 valence electrons. The predicted molar refractivity (Wildman–Crippen MR) is 93.2 cm³/mol. The van der Waals surface area contributed by atoms with E-state index in [9.17, 15) is 4.79 Å². The van der Waals surface area contributed by atoms with E-state index < -0.39 is 0 Å². The lowest BCUT2D eigenvalue weighted by atomic mass is 9.98. The van der Waals surface area contributed by atoms with Crippen LogP contribution in [0.5, 0.6) is 5.75 Å². The van der Waals surface area contributed by atoms with Gasteiger partial charge in [-0.05, 0) is 51.3 Å². The maximum atomic E-state index is 11.6. The number of rotatable bonds is 7. The van der Waals surface area contributed by atoms with Crippen LogP contribution in [0.3, 0.4) is 0 Å². The molecule has 0 aliphatic carbocycles. The van der Waals surface area contributed by atoms with Gasteiger partial charge in [0.1, 0.15) is 5.75 Å². The van der Waals surface area contributed by atoms with E-state index in [-0.39, 0.29) is 18.5 Å². The minimum absolute atomic E-state index is 0.0213. The van der Waals surface area contributed by atoms with Gasteiger partial charge < -0.3 is 15.3 Å². The summed E-state index contributed by atoms with van der Waals surface area (Å²) in [6.07, 6.45) is 3.41. The van der Waals surface area contributed by atoms with Crippen LogP contribution in [0.1, 0.15) is 37.8 Å². The summed E-state index contributed by atoms with van der Waals surface area (Å²) in [6, 6.07) is 6.33. The van der Waals surface area contributed by atoms with Crippen LogP contribution in [0.4, 0.5) is 0 Å². The van der Waals surface area contributed by atoms with Crippen LogP contribution in [-0.2, 0) is 17.8 Å². The Balaban J connectivity index is 2.06. The molecule has 0 saturated carbocycles. The Morgan fingerprint density at radius 1 is 1.42 bits per heavy atom. The molecule has 6 nitrogen and oxygen atoms in total. The molecule has 0 bridgehead atoms. The Labute approximate surface area is 144 Å². The average Bonchev–Trinajstić information content (AvgIpc) is 2.51. The summed E-state index contributed by atoms with van der Waals surface area (Å²) in [5.74, 6) is 0.774. The highest BCUT2D eigenvalue weighted by molar-refractivity contribution is 5.78. The Hall–Kier alpha value is -1.63. The first-order valence-corrected chi connectivity index (χ1v) is 8.76. The lowest BCUT2D eigenvalue weighted by molar-refractivity contribution is -0.122. The van der Waals surface area contributed by atoms with Gasteiger partial charge >= 0.3 is 0 Å². The van der Waals surface area contributed by atoms with Crippen molar-refractivity contribution in [3.8, 4) is 5.75 Å². The molecule has 0 spiro atoms. The molecule has 0 radical (unpaired) electrons. The van der Waals surface area contributed by atoms with Crippen molar-refractivity contribution < 1.29 is 14.7 Å². The molecular formula is C18H29N3O3. The summed E-state index contributed by atoms with van der Waals surface area (Å²) in [6.45, 7) is 7.20. The minimum Gasteiger partial charge on any atom is -0.494 e. The first-order chi connectivity index (χ1) is 11.6. The van der Waals surface area contributed by atoms with Crippen molar-refractivity contribution in [1.82, 2.24) is 15.7 Å². The van der Waals surface area contributed by atoms with Crippen LogP contribution in [0, 0.1) is 0 Å². The fraction of sp³-hybridized carbons (Fsp3) is 0.611. The summed E-state index contributed by atoms with van der Waals surface area (Å²) in [5.41, 5.74) is 4.53. The summed E-state index contributed by atoms with van der Waals surface area (Å²) < 4.78 is 5.82. The van der Waals surface area contributed by atoms with E-state index in [4.69, 9.17) is 9.94 Å². The number of hydroxylamine groups is 1. The third-order valence-corrected chi connectivity index (χ3v) is 4.26. The zero-order valence-corrected chi connectivity index (χ0v) is 14.7.